The summed E-state index contributed by atoms with van der Waals surface area (Å²) in [7, 11) is 0. The zero-order valence-corrected chi connectivity index (χ0v) is 6.32. The molecular formula is C9H4F4. The van der Waals surface area contributed by atoms with Crippen LogP contribution in [0.25, 0.3) is 0 Å². The summed E-state index contributed by atoms with van der Waals surface area (Å²) in [4.78, 5) is 0. The van der Waals surface area contributed by atoms with Gasteiger partial charge in [-0.15, -0.1) is 0 Å². The first kappa shape index (κ1) is 9.59. The van der Waals surface area contributed by atoms with Gasteiger partial charge >= 0.3 is 6.18 Å². The summed E-state index contributed by atoms with van der Waals surface area (Å²) in [5.74, 6) is 2.26. The van der Waals surface area contributed by atoms with E-state index in [1.807, 2.05) is 5.92 Å². The van der Waals surface area contributed by atoms with Gasteiger partial charge in [-0.1, -0.05) is 12.0 Å². The highest BCUT2D eigenvalue weighted by molar-refractivity contribution is 5.35. The highest BCUT2D eigenvalue weighted by Crippen LogP contribution is 2.12. The maximum Gasteiger partial charge on any atom is 0.458 e. The number of alkyl halides is 3. The molecule has 0 aliphatic carbocycles. The molecule has 0 radical (unpaired) electrons. The molecule has 0 N–H and O–H groups in total. The van der Waals surface area contributed by atoms with E-state index in [0.29, 0.717) is 0 Å². The minimum atomic E-state index is -4.54. The molecule has 4 heteroatoms. The van der Waals surface area contributed by atoms with Gasteiger partial charge in [0.25, 0.3) is 0 Å². The molecule has 0 heterocycles. The van der Waals surface area contributed by atoms with Gasteiger partial charge in [-0.3, -0.25) is 0 Å². The van der Waals surface area contributed by atoms with Crippen molar-refractivity contribution >= 4 is 0 Å². The summed E-state index contributed by atoms with van der Waals surface area (Å²) in [5.41, 5.74) is 0.0114. The van der Waals surface area contributed by atoms with Crippen LogP contribution in [0.1, 0.15) is 5.56 Å². The zero-order valence-electron chi connectivity index (χ0n) is 6.32. The van der Waals surface area contributed by atoms with Crippen LogP contribution in [0.3, 0.4) is 0 Å². The van der Waals surface area contributed by atoms with Crippen molar-refractivity contribution in [2.24, 2.45) is 0 Å². The lowest BCUT2D eigenvalue weighted by Crippen LogP contribution is -2.01. The molecule has 0 unspecified atom stereocenters. The Balaban J connectivity index is 2.90. The van der Waals surface area contributed by atoms with E-state index in [1.165, 1.54) is 12.1 Å². The second-order valence-electron chi connectivity index (χ2n) is 2.26. The monoisotopic (exact) mass is 188 g/mol. The number of halogens is 4. The van der Waals surface area contributed by atoms with Crippen LogP contribution in [0.2, 0.25) is 0 Å². The van der Waals surface area contributed by atoms with E-state index >= 15 is 0 Å². The second-order valence-corrected chi connectivity index (χ2v) is 2.26. The van der Waals surface area contributed by atoms with Crippen LogP contribution in [-0.4, -0.2) is 6.18 Å². The summed E-state index contributed by atoms with van der Waals surface area (Å²) in [5, 5.41) is 0. The fourth-order valence-corrected chi connectivity index (χ4v) is 0.709. The Kier molecular flexibility index (Phi) is 2.57. The molecule has 0 amide bonds. The molecule has 0 nitrogen and oxygen atoms in total. The molecule has 0 saturated carbocycles. The minimum Gasteiger partial charge on any atom is -0.207 e. The van der Waals surface area contributed by atoms with Gasteiger partial charge < -0.3 is 0 Å². The largest absolute Gasteiger partial charge is 0.458 e. The van der Waals surface area contributed by atoms with E-state index in [-0.39, 0.29) is 5.56 Å². The van der Waals surface area contributed by atoms with Gasteiger partial charge in [0.05, 0.1) is 0 Å². The van der Waals surface area contributed by atoms with Crippen LogP contribution < -0.4 is 0 Å². The van der Waals surface area contributed by atoms with Crippen LogP contribution in [0.15, 0.2) is 24.3 Å². The predicted molar refractivity (Wildman–Crippen MR) is 39.3 cm³/mol. The molecule has 1 aromatic rings. The molecule has 13 heavy (non-hydrogen) atoms. The zero-order chi connectivity index (χ0) is 9.90. The average molecular weight is 188 g/mol. The first-order chi connectivity index (χ1) is 5.97. The third kappa shape index (κ3) is 3.61. The molecule has 0 aliphatic rings. The van der Waals surface area contributed by atoms with E-state index < -0.39 is 12.0 Å². The molecule has 0 fully saturated rings. The van der Waals surface area contributed by atoms with Crippen LogP contribution in [-0.2, 0) is 0 Å². The molecule has 0 aliphatic heterocycles. The van der Waals surface area contributed by atoms with Crippen molar-refractivity contribution in [2.75, 3.05) is 0 Å². The average Bonchev–Trinajstić information content (AvgIpc) is 2.00. The smallest absolute Gasteiger partial charge is 0.207 e. The van der Waals surface area contributed by atoms with Crippen molar-refractivity contribution in [3.63, 3.8) is 0 Å². The first-order valence-corrected chi connectivity index (χ1v) is 3.33. The Morgan fingerprint density at radius 2 is 1.85 bits per heavy atom. The third-order valence-corrected chi connectivity index (χ3v) is 1.17. The van der Waals surface area contributed by atoms with Gasteiger partial charge in [0.1, 0.15) is 5.82 Å². The summed E-state index contributed by atoms with van der Waals surface area (Å²) in [6, 6.07) is 4.69. The lowest BCUT2D eigenvalue weighted by Gasteiger charge is -1.93. The van der Waals surface area contributed by atoms with Gasteiger partial charge in [0, 0.05) is 11.5 Å². The fraction of sp³-hybridized carbons (Fsp3) is 0.111. The van der Waals surface area contributed by atoms with E-state index in [9.17, 15) is 17.6 Å². The molecule has 0 aromatic heterocycles. The SMILES string of the molecule is Fc1cccc(C#CC(F)(F)F)c1. The highest BCUT2D eigenvalue weighted by atomic mass is 19.4. The Morgan fingerprint density at radius 1 is 1.15 bits per heavy atom. The predicted octanol–water partition coefficient (Wildman–Crippen LogP) is 2.74. The lowest BCUT2D eigenvalue weighted by atomic mass is 10.2. The molecule has 0 spiro atoms. The van der Waals surface area contributed by atoms with Crippen molar-refractivity contribution in [3.05, 3.63) is 35.6 Å². The van der Waals surface area contributed by atoms with Crippen molar-refractivity contribution < 1.29 is 17.6 Å². The summed E-state index contributed by atoms with van der Waals surface area (Å²) >= 11 is 0. The number of rotatable bonds is 0. The van der Waals surface area contributed by atoms with Crippen molar-refractivity contribution in [3.8, 4) is 11.8 Å². The lowest BCUT2D eigenvalue weighted by molar-refractivity contribution is -0.0696. The second kappa shape index (κ2) is 3.48. The Labute approximate surface area is 72.2 Å². The van der Waals surface area contributed by atoms with Crippen molar-refractivity contribution in [1.82, 2.24) is 0 Å². The van der Waals surface area contributed by atoms with Gasteiger partial charge in [0.2, 0.25) is 0 Å². The van der Waals surface area contributed by atoms with E-state index in [0.717, 1.165) is 18.1 Å². The molecule has 1 rings (SSSR count). The first-order valence-electron chi connectivity index (χ1n) is 3.33. The van der Waals surface area contributed by atoms with E-state index in [4.69, 9.17) is 0 Å². The van der Waals surface area contributed by atoms with Crippen LogP contribution >= 0.6 is 0 Å². The normalized spacial score (nSPS) is 10.5. The topological polar surface area (TPSA) is 0 Å². The standard InChI is InChI=1S/C9H4F4/c10-8-3-1-2-7(6-8)4-5-9(11,12)13/h1-3,6H. The molecule has 0 saturated heterocycles. The van der Waals surface area contributed by atoms with Crippen LogP contribution in [0, 0.1) is 17.7 Å². The number of hydrogen-bond donors (Lipinski definition) is 0. The molecular weight excluding hydrogens is 184 g/mol. The Hall–Kier alpha value is -1.50. The molecule has 68 valence electrons. The third-order valence-electron chi connectivity index (χ3n) is 1.17. The van der Waals surface area contributed by atoms with Crippen LogP contribution in [0.5, 0.6) is 0 Å². The van der Waals surface area contributed by atoms with E-state index in [1.54, 1.807) is 0 Å². The maximum atomic E-state index is 12.4. The molecule has 0 atom stereocenters. The van der Waals surface area contributed by atoms with E-state index in [2.05, 4.69) is 0 Å². The van der Waals surface area contributed by atoms with Gasteiger partial charge in [-0.2, -0.15) is 13.2 Å². The summed E-state index contributed by atoms with van der Waals surface area (Å²) in [6.45, 7) is 0. The Bertz CT molecular complexity index is 354. The number of benzene rings is 1. The fourth-order valence-electron chi connectivity index (χ4n) is 0.709. The molecule has 1 aromatic carbocycles. The van der Waals surface area contributed by atoms with Gasteiger partial charge in [0.15, 0.2) is 0 Å². The molecule has 0 bridgehead atoms. The van der Waals surface area contributed by atoms with Crippen molar-refractivity contribution in [2.45, 2.75) is 6.18 Å². The summed E-state index contributed by atoms with van der Waals surface area (Å²) < 4.78 is 47.2. The maximum absolute atomic E-state index is 12.4. The van der Waals surface area contributed by atoms with Crippen LogP contribution in [0.4, 0.5) is 17.6 Å². The highest BCUT2D eigenvalue weighted by Gasteiger charge is 2.22. The summed E-state index contributed by atoms with van der Waals surface area (Å²) in [6.07, 6.45) is -4.54. The number of hydrogen-bond acceptors (Lipinski definition) is 0. The minimum absolute atomic E-state index is 0.0114. The quantitative estimate of drug-likeness (QED) is 0.433. The Morgan fingerprint density at radius 3 is 2.38 bits per heavy atom. The van der Waals surface area contributed by atoms with Gasteiger partial charge in [-0.05, 0) is 18.2 Å². The van der Waals surface area contributed by atoms with Crippen molar-refractivity contribution in [1.29, 1.82) is 0 Å². The van der Waals surface area contributed by atoms with Gasteiger partial charge in [-0.25, -0.2) is 4.39 Å².